The minimum absolute atomic E-state index is 0.0277. The fourth-order valence-electron chi connectivity index (χ4n) is 1.99. The van der Waals surface area contributed by atoms with Crippen molar-refractivity contribution in [3.63, 3.8) is 0 Å². The smallest absolute Gasteiger partial charge is 0.302 e. The fourth-order valence-corrected chi connectivity index (χ4v) is 3.28. The van der Waals surface area contributed by atoms with Gasteiger partial charge in [-0.25, -0.2) is 13.2 Å². The van der Waals surface area contributed by atoms with Gasteiger partial charge in [0, 0.05) is 32.4 Å². The number of aryl methyl sites for hydroxylation is 2. The topological polar surface area (TPSA) is 133 Å². The molecule has 0 saturated carbocycles. The van der Waals surface area contributed by atoms with E-state index in [4.69, 9.17) is 0 Å². The summed E-state index contributed by atoms with van der Waals surface area (Å²) >= 11 is 0. The molecule has 0 aliphatic heterocycles. The highest BCUT2D eigenvalue weighted by Gasteiger charge is 2.23. The molecule has 0 aliphatic rings. The van der Waals surface area contributed by atoms with Crippen LogP contribution in [0.15, 0.2) is 38.9 Å². The summed E-state index contributed by atoms with van der Waals surface area (Å²) in [5, 5.41) is 10.8. The number of hydrogen-bond donors (Lipinski definition) is 1. The van der Waals surface area contributed by atoms with Crippen molar-refractivity contribution in [2.75, 3.05) is 4.72 Å². The number of aromatic nitrogens is 2. The predicted octanol–water partition coefficient (Wildman–Crippen LogP) is 0.101. The number of sulfonamides is 1. The van der Waals surface area contributed by atoms with Crippen LogP contribution in [-0.2, 0) is 24.1 Å². The second kappa shape index (κ2) is 5.92. The van der Waals surface area contributed by atoms with Gasteiger partial charge < -0.3 is 4.57 Å². The van der Waals surface area contributed by atoms with Gasteiger partial charge in [0.1, 0.15) is 0 Å². The normalized spacial score (nSPS) is 11.3. The molecular weight excluding hydrogens is 340 g/mol. The van der Waals surface area contributed by atoms with E-state index in [2.05, 4.69) is 4.72 Å². The molecule has 2 rings (SSSR count). The van der Waals surface area contributed by atoms with E-state index >= 15 is 0 Å². The third-order valence-corrected chi connectivity index (χ3v) is 4.73. The number of non-ortho nitro benzene ring substituents is 1. The average Bonchev–Trinajstić information content (AvgIpc) is 2.50. The molecule has 24 heavy (non-hydrogen) atoms. The molecule has 0 saturated heterocycles. The number of rotatable bonds is 4. The Morgan fingerprint density at radius 2 is 1.83 bits per heavy atom. The van der Waals surface area contributed by atoms with Gasteiger partial charge in [-0.3, -0.25) is 24.2 Å². The number of nitrogens with one attached hydrogen (secondary N) is 1. The lowest BCUT2D eigenvalue weighted by atomic mass is 10.2. The standard InChI is InChI=1S/C13H14N4O6S/c1-8-4-5-9(17(20)21)6-10(8)14-24(22,23)11-7-15(2)13(19)16(3)12(11)18/h4-7,14H,1-3H3. The monoisotopic (exact) mass is 354 g/mol. The van der Waals surface area contributed by atoms with Crippen molar-refractivity contribution < 1.29 is 13.3 Å². The highest BCUT2D eigenvalue weighted by molar-refractivity contribution is 7.92. The van der Waals surface area contributed by atoms with E-state index in [1.807, 2.05) is 0 Å². The molecule has 0 bridgehead atoms. The van der Waals surface area contributed by atoms with Gasteiger partial charge in [-0.1, -0.05) is 6.07 Å². The van der Waals surface area contributed by atoms with E-state index in [9.17, 15) is 28.1 Å². The molecule has 2 aromatic rings. The summed E-state index contributed by atoms with van der Waals surface area (Å²) in [6, 6.07) is 3.67. The lowest BCUT2D eigenvalue weighted by Crippen LogP contribution is -2.40. The molecule has 0 amide bonds. The average molecular weight is 354 g/mol. The number of nitro groups is 1. The van der Waals surface area contributed by atoms with Crippen LogP contribution in [-0.4, -0.2) is 22.5 Å². The minimum atomic E-state index is -4.34. The van der Waals surface area contributed by atoms with E-state index in [1.54, 1.807) is 6.92 Å². The maximum absolute atomic E-state index is 12.5. The van der Waals surface area contributed by atoms with Crippen molar-refractivity contribution in [1.82, 2.24) is 9.13 Å². The van der Waals surface area contributed by atoms with E-state index < -0.39 is 31.1 Å². The molecular formula is C13H14N4O6S. The Kier molecular flexibility index (Phi) is 4.30. The quantitative estimate of drug-likeness (QED) is 0.611. The largest absolute Gasteiger partial charge is 0.330 e. The van der Waals surface area contributed by atoms with Crippen molar-refractivity contribution in [3.05, 3.63) is 60.9 Å². The van der Waals surface area contributed by atoms with Gasteiger partial charge in [0.2, 0.25) is 0 Å². The van der Waals surface area contributed by atoms with Crippen LogP contribution in [0.5, 0.6) is 0 Å². The number of hydrogen-bond acceptors (Lipinski definition) is 6. The van der Waals surface area contributed by atoms with Crippen LogP contribution in [0.1, 0.15) is 5.56 Å². The highest BCUT2D eigenvalue weighted by Crippen LogP contribution is 2.23. The van der Waals surface area contributed by atoms with Crippen LogP contribution in [0, 0.1) is 17.0 Å². The second-order valence-electron chi connectivity index (χ2n) is 5.11. The summed E-state index contributed by atoms with van der Waals surface area (Å²) < 4.78 is 28.7. The number of nitrogens with zero attached hydrogens (tertiary/aromatic N) is 3. The van der Waals surface area contributed by atoms with Gasteiger partial charge in [0.15, 0.2) is 4.90 Å². The maximum atomic E-state index is 12.5. The lowest BCUT2D eigenvalue weighted by Gasteiger charge is -2.11. The zero-order valence-electron chi connectivity index (χ0n) is 13.0. The summed E-state index contributed by atoms with van der Waals surface area (Å²) in [5.74, 6) is 0. The van der Waals surface area contributed by atoms with Crippen molar-refractivity contribution in [1.29, 1.82) is 0 Å². The Balaban J connectivity index is 2.59. The molecule has 128 valence electrons. The molecule has 10 nitrogen and oxygen atoms in total. The number of anilines is 1. The number of nitro benzene ring substituents is 1. The Morgan fingerprint density at radius 3 is 2.42 bits per heavy atom. The second-order valence-corrected chi connectivity index (χ2v) is 6.76. The van der Waals surface area contributed by atoms with Crippen molar-refractivity contribution in [3.8, 4) is 0 Å². The number of benzene rings is 1. The van der Waals surface area contributed by atoms with Crippen molar-refractivity contribution >= 4 is 21.4 Å². The van der Waals surface area contributed by atoms with E-state index in [0.717, 1.165) is 23.9 Å². The van der Waals surface area contributed by atoms with E-state index in [-0.39, 0.29) is 11.4 Å². The van der Waals surface area contributed by atoms with Crippen LogP contribution >= 0.6 is 0 Å². The van der Waals surface area contributed by atoms with Crippen LogP contribution < -0.4 is 16.0 Å². The highest BCUT2D eigenvalue weighted by atomic mass is 32.2. The van der Waals surface area contributed by atoms with Crippen LogP contribution in [0.4, 0.5) is 11.4 Å². The predicted molar refractivity (Wildman–Crippen MR) is 85.6 cm³/mol. The Morgan fingerprint density at radius 1 is 1.21 bits per heavy atom. The summed E-state index contributed by atoms with van der Waals surface area (Å²) in [6.07, 6.45) is 0.902. The molecule has 0 unspecified atom stereocenters. The molecule has 0 fully saturated rings. The van der Waals surface area contributed by atoms with Gasteiger partial charge >= 0.3 is 5.69 Å². The third-order valence-electron chi connectivity index (χ3n) is 3.38. The van der Waals surface area contributed by atoms with Crippen LogP contribution in [0.2, 0.25) is 0 Å². The van der Waals surface area contributed by atoms with Crippen LogP contribution in [0.3, 0.4) is 0 Å². The molecule has 11 heteroatoms. The van der Waals surface area contributed by atoms with Crippen LogP contribution in [0.25, 0.3) is 0 Å². The Hall–Kier alpha value is -2.95. The molecule has 0 atom stereocenters. The first-order valence-electron chi connectivity index (χ1n) is 6.59. The van der Waals surface area contributed by atoms with Gasteiger partial charge in [-0.15, -0.1) is 0 Å². The molecule has 0 radical (unpaired) electrons. The van der Waals surface area contributed by atoms with Gasteiger partial charge in [0.05, 0.1) is 10.6 Å². The summed E-state index contributed by atoms with van der Waals surface area (Å²) in [7, 11) is -1.88. The molecule has 1 heterocycles. The zero-order valence-corrected chi connectivity index (χ0v) is 13.8. The first-order chi connectivity index (χ1) is 11.0. The molecule has 1 aromatic carbocycles. The maximum Gasteiger partial charge on any atom is 0.330 e. The first kappa shape index (κ1) is 17.4. The molecule has 1 N–H and O–H groups in total. The Labute approximate surface area is 136 Å². The van der Waals surface area contributed by atoms with Gasteiger partial charge in [-0.05, 0) is 12.5 Å². The Bertz CT molecular complexity index is 1050. The van der Waals surface area contributed by atoms with E-state index in [1.165, 1.54) is 19.2 Å². The summed E-state index contributed by atoms with van der Waals surface area (Å²) in [4.78, 5) is 33.2. The van der Waals surface area contributed by atoms with Crippen molar-refractivity contribution in [2.45, 2.75) is 11.8 Å². The van der Waals surface area contributed by atoms with Gasteiger partial charge in [-0.2, -0.15) is 0 Å². The van der Waals surface area contributed by atoms with E-state index in [0.29, 0.717) is 10.1 Å². The zero-order chi connectivity index (χ0) is 18.2. The molecule has 0 aliphatic carbocycles. The third kappa shape index (κ3) is 3.06. The first-order valence-corrected chi connectivity index (χ1v) is 8.07. The summed E-state index contributed by atoms with van der Waals surface area (Å²) in [6.45, 7) is 1.56. The molecule has 1 aromatic heterocycles. The van der Waals surface area contributed by atoms with Crippen molar-refractivity contribution in [2.24, 2.45) is 14.1 Å². The lowest BCUT2D eigenvalue weighted by molar-refractivity contribution is -0.384. The SMILES string of the molecule is Cc1ccc([N+](=O)[O-])cc1NS(=O)(=O)c1cn(C)c(=O)n(C)c1=O. The fraction of sp³-hybridized carbons (Fsp3) is 0.231. The molecule has 0 spiro atoms. The summed E-state index contributed by atoms with van der Waals surface area (Å²) in [5.41, 5.74) is -1.56. The minimum Gasteiger partial charge on any atom is -0.302 e. The van der Waals surface area contributed by atoms with Gasteiger partial charge in [0.25, 0.3) is 21.3 Å².